The minimum Gasteiger partial charge on any atom is -0.463 e. The third-order valence-electron chi connectivity index (χ3n) is 19.7. The van der Waals surface area contributed by atoms with Crippen LogP contribution in [0.3, 0.4) is 0 Å². The highest BCUT2D eigenvalue weighted by Gasteiger charge is 2.62. The quantitative estimate of drug-likeness (QED) is 0.0375. The van der Waals surface area contributed by atoms with Crippen molar-refractivity contribution in [2.24, 2.45) is 40.4 Å². The summed E-state index contributed by atoms with van der Waals surface area (Å²) in [4.78, 5) is 25.8. The number of hydrogen-bond acceptors (Lipinski definition) is 26. The number of carbonyl (C=O) groups excluding carboxylic acids is 2. The van der Waals surface area contributed by atoms with Crippen LogP contribution in [0, 0.1) is 40.4 Å². The van der Waals surface area contributed by atoms with Crippen molar-refractivity contribution in [1.29, 1.82) is 0 Å². The van der Waals surface area contributed by atoms with E-state index in [0.29, 0.717) is 12.0 Å². The van der Waals surface area contributed by atoms with Crippen LogP contribution < -0.4 is 0 Å². The van der Waals surface area contributed by atoms with Gasteiger partial charge in [-0.1, -0.05) is 38.0 Å². The molecule has 7 fully saturated rings. The predicted molar refractivity (Wildman–Crippen MR) is 268 cm³/mol. The highest BCUT2D eigenvalue weighted by Crippen LogP contribution is 2.67. The minimum atomic E-state index is -2.10. The van der Waals surface area contributed by atoms with Crippen molar-refractivity contribution in [1.82, 2.24) is 0 Å². The fraction of sp³-hybridized carbons (Fsp3) is 0.889. The van der Waals surface area contributed by atoms with Crippen molar-refractivity contribution in [2.45, 2.75) is 234 Å². The molecule has 0 unspecified atom stereocenters. The molecule has 3 saturated carbocycles. The van der Waals surface area contributed by atoms with Crippen LogP contribution >= 0.6 is 0 Å². The summed E-state index contributed by atoms with van der Waals surface area (Å²) in [6.07, 6.45) is -29.5. The average molecular weight is 1150 g/mol. The molecule has 26 heteroatoms. The summed E-state index contributed by atoms with van der Waals surface area (Å²) >= 11 is 0. The fourth-order valence-corrected chi connectivity index (χ4v) is 14.7. The van der Waals surface area contributed by atoms with Gasteiger partial charge in [0, 0.05) is 24.3 Å². The van der Waals surface area contributed by atoms with Crippen LogP contribution in [0.15, 0.2) is 22.8 Å². The molecule has 4 heterocycles. The van der Waals surface area contributed by atoms with E-state index < -0.39 is 185 Å². The van der Waals surface area contributed by atoms with E-state index in [1.807, 2.05) is 6.92 Å². The van der Waals surface area contributed by atoms with Gasteiger partial charge in [0.25, 0.3) is 0 Å². The first-order chi connectivity index (χ1) is 37.7. The Balaban J connectivity index is 0.913. The maximum Gasteiger partial charge on any atom is 0.336 e. The highest BCUT2D eigenvalue weighted by molar-refractivity contribution is 5.88. The number of aliphatic hydroxyl groups excluding tert-OH is 15. The van der Waals surface area contributed by atoms with E-state index >= 15 is 0 Å². The van der Waals surface area contributed by atoms with Crippen molar-refractivity contribution < 1.29 is 129 Å². The maximum absolute atomic E-state index is 14.1. The number of esters is 2. The molecule has 4 aliphatic heterocycles. The minimum absolute atomic E-state index is 0.0505. The van der Waals surface area contributed by atoms with Gasteiger partial charge in [0.1, 0.15) is 98.2 Å². The monoisotopic (exact) mass is 1150 g/mol. The molecule has 8 rings (SSSR count). The molecule has 0 aromatic heterocycles. The van der Waals surface area contributed by atoms with Gasteiger partial charge in [-0.2, -0.15) is 0 Å². The average Bonchev–Trinajstić information content (AvgIpc) is 3.83. The Bertz CT molecular complexity index is 2180. The van der Waals surface area contributed by atoms with Crippen LogP contribution in [0.5, 0.6) is 0 Å². The van der Waals surface area contributed by atoms with Gasteiger partial charge in [0.15, 0.2) is 25.0 Å². The molecule has 15 N–H and O–H groups in total. The molecule has 0 aromatic carbocycles. The third-order valence-corrected chi connectivity index (χ3v) is 19.7. The van der Waals surface area contributed by atoms with Crippen molar-refractivity contribution in [2.75, 3.05) is 26.4 Å². The summed E-state index contributed by atoms with van der Waals surface area (Å²) in [6.45, 7) is 7.70. The number of rotatable bonds is 17. The second-order valence-electron chi connectivity index (χ2n) is 24.1. The van der Waals surface area contributed by atoms with Gasteiger partial charge in [-0.15, -0.1) is 0 Å². The van der Waals surface area contributed by atoms with E-state index in [-0.39, 0.29) is 53.4 Å². The molecule has 0 amide bonds. The van der Waals surface area contributed by atoms with E-state index in [1.165, 1.54) is 6.92 Å². The molecule has 0 bridgehead atoms. The molecule has 0 aromatic rings. The van der Waals surface area contributed by atoms with E-state index in [9.17, 15) is 86.2 Å². The first-order valence-corrected chi connectivity index (χ1v) is 28.0. The first kappa shape index (κ1) is 63.6. The Morgan fingerprint density at radius 3 is 1.75 bits per heavy atom. The molecule has 4 aliphatic carbocycles. The maximum atomic E-state index is 14.1. The molecular weight excluding hydrogens is 1060 g/mol. The van der Waals surface area contributed by atoms with Crippen LogP contribution in [-0.2, 0) is 52.2 Å². The SMILES string of the molecule is CC(=O)OC[C@H]1O[C@@H](OC(=O)/C(C)=C(\C)C[C@@H](O)[C@@H](C)[C@H]2CC[C@H]3[C@@H]4CC=C5C[C@@H](O[C@@H]6O[C@H](CO)[C@@H](O)[C@H](O)[C@H]6O)C[C@H](O)[C@]5(C)[C@H]4CC[C@]23C)[C@H](O[C@@H]2O[C@H](CO)[C@@H](O[C@@H]3O[C@H](CO)[C@@H](O)[C@H](O)[C@H]3O)[C@H](O)[C@H]2O)[C@@H](O)[C@@H]1O. The third kappa shape index (κ3) is 12.1. The summed E-state index contributed by atoms with van der Waals surface area (Å²) < 4.78 is 51.0. The highest BCUT2D eigenvalue weighted by atomic mass is 16.8. The Morgan fingerprint density at radius 1 is 0.637 bits per heavy atom. The Hall–Kier alpha value is -2.46. The Morgan fingerprint density at radius 2 is 1.16 bits per heavy atom. The summed E-state index contributed by atoms with van der Waals surface area (Å²) in [5.41, 5.74) is 0.850. The zero-order valence-corrected chi connectivity index (χ0v) is 45.9. The molecular formula is C54H86O26. The fourth-order valence-electron chi connectivity index (χ4n) is 14.7. The molecule has 458 valence electrons. The summed E-state index contributed by atoms with van der Waals surface area (Å²) in [5.74, 6) is -1.20. The molecule has 4 saturated heterocycles. The molecule has 30 atom stereocenters. The summed E-state index contributed by atoms with van der Waals surface area (Å²) in [5, 5.41) is 161. The number of carbonyl (C=O) groups is 2. The van der Waals surface area contributed by atoms with E-state index in [1.54, 1.807) is 6.92 Å². The lowest BCUT2D eigenvalue weighted by Gasteiger charge is -2.60. The molecule has 8 aliphatic rings. The number of allylic oxidation sites excluding steroid dienone is 1. The van der Waals surface area contributed by atoms with Gasteiger partial charge < -0.3 is 119 Å². The second kappa shape index (κ2) is 25.6. The normalized spacial score (nSPS) is 48.8. The van der Waals surface area contributed by atoms with Crippen LogP contribution in [0.4, 0.5) is 0 Å². The number of fused-ring (bicyclic) bond motifs is 5. The van der Waals surface area contributed by atoms with E-state index in [2.05, 4.69) is 19.9 Å². The van der Waals surface area contributed by atoms with E-state index in [4.69, 9.17) is 42.6 Å². The molecule has 0 radical (unpaired) electrons. The van der Waals surface area contributed by atoms with Crippen LogP contribution in [0.25, 0.3) is 0 Å². The zero-order valence-electron chi connectivity index (χ0n) is 45.9. The standard InChI is InChI=1S/C54H86O26/c1-20(13-30(59)22(3)27-9-10-28-26-8-7-24-14-25(73-49-43(68)39(64)36(61)31(16-55)74-49)15-35(60)54(24,6)29(26)11-12-53(27,28)5)21(2)48(71)80-52-47(41(66)38(63)34(77-52)19-72-23(4)58)79-51-45(70)42(67)46(33(18-57)76-51)78-50-44(69)40(65)37(62)32(17-56)75-50/h7,22,25-47,49-52,55-57,59-70H,8-19H2,1-6H3/b21-20+/t22-,25+,26-,27+,28-,29-,30+,31+,32+,33+,34+,35-,36+,37+,38+,39-,40-,41-,42+,43+,44+,45+,46+,47+,49+,50-,51-,52-,53+,54-/m0/s1. The van der Waals surface area contributed by atoms with Crippen LogP contribution in [0.2, 0.25) is 0 Å². The van der Waals surface area contributed by atoms with Gasteiger partial charge in [-0.25, -0.2) is 4.79 Å². The van der Waals surface area contributed by atoms with Gasteiger partial charge in [-0.3, -0.25) is 4.79 Å². The Labute approximate surface area is 463 Å². The van der Waals surface area contributed by atoms with Crippen molar-refractivity contribution in [3.8, 4) is 0 Å². The topological polar surface area (TPSA) is 421 Å². The van der Waals surface area contributed by atoms with Gasteiger partial charge in [0.2, 0.25) is 6.29 Å². The lowest BCUT2D eigenvalue weighted by molar-refractivity contribution is -0.381. The van der Waals surface area contributed by atoms with E-state index in [0.717, 1.165) is 44.6 Å². The molecule has 80 heavy (non-hydrogen) atoms. The summed E-state index contributed by atoms with van der Waals surface area (Å²) in [6, 6.07) is 0. The summed E-state index contributed by atoms with van der Waals surface area (Å²) in [7, 11) is 0. The first-order valence-electron chi connectivity index (χ1n) is 28.0. The van der Waals surface area contributed by atoms with Crippen molar-refractivity contribution >= 4 is 11.9 Å². The zero-order chi connectivity index (χ0) is 58.6. The predicted octanol–water partition coefficient (Wildman–Crippen LogP) is -3.99. The van der Waals surface area contributed by atoms with Crippen LogP contribution in [0.1, 0.15) is 92.9 Å². The van der Waals surface area contributed by atoms with Gasteiger partial charge >= 0.3 is 11.9 Å². The Kier molecular flexibility index (Phi) is 20.4. The number of aliphatic hydroxyl groups is 15. The van der Waals surface area contributed by atoms with Crippen molar-refractivity contribution in [3.05, 3.63) is 22.8 Å². The number of ether oxygens (including phenoxy) is 9. The smallest absolute Gasteiger partial charge is 0.336 e. The molecule has 0 spiro atoms. The lowest BCUT2D eigenvalue weighted by Crippen LogP contribution is -2.66. The molecule has 26 nitrogen and oxygen atoms in total. The largest absolute Gasteiger partial charge is 0.463 e. The van der Waals surface area contributed by atoms with Gasteiger partial charge in [0.05, 0.1) is 38.1 Å². The lowest BCUT2D eigenvalue weighted by atomic mass is 9.46. The van der Waals surface area contributed by atoms with Crippen molar-refractivity contribution in [3.63, 3.8) is 0 Å². The van der Waals surface area contributed by atoms with Crippen LogP contribution in [-0.4, -0.2) is 256 Å². The second-order valence-corrected chi connectivity index (χ2v) is 24.1. The van der Waals surface area contributed by atoms with Gasteiger partial charge in [-0.05, 0) is 93.8 Å². The number of hydrogen-bond donors (Lipinski definition) is 15.